The Morgan fingerprint density at radius 3 is 2.29 bits per heavy atom. The van der Waals surface area contributed by atoms with Crippen LogP contribution < -0.4 is 0 Å². The number of rotatable bonds is 3. The second kappa shape index (κ2) is 7.21. The fourth-order valence-electron chi connectivity index (χ4n) is 4.57. The van der Waals surface area contributed by atoms with Gasteiger partial charge in [0.25, 0.3) is 0 Å². The summed E-state index contributed by atoms with van der Waals surface area (Å²) < 4.78 is 0. The summed E-state index contributed by atoms with van der Waals surface area (Å²) in [6.07, 6.45) is 10.3. The molecule has 3 heterocycles. The molecule has 28 heavy (non-hydrogen) atoms. The topological polar surface area (TPSA) is 30.0 Å². The maximum absolute atomic E-state index is 10.6. The Hall–Kier alpha value is -2.98. The van der Waals surface area contributed by atoms with Gasteiger partial charge in [0.05, 0.1) is 6.04 Å². The molecule has 0 bridgehead atoms. The lowest BCUT2D eigenvalue weighted by Crippen LogP contribution is -2.45. The quantitative estimate of drug-likeness (QED) is 0.855. The number of fused-ring (bicyclic) bond motifs is 2. The van der Waals surface area contributed by atoms with E-state index >= 15 is 0 Å². The van der Waals surface area contributed by atoms with E-state index in [1.54, 1.807) is 6.08 Å². The van der Waals surface area contributed by atoms with Gasteiger partial charge < -0.3 is 10.0 Å². The molecule has 0 saturated carbocycles. The molecule has 3 aliphatic heterocycles. The average Bonchev–Trinajstić information content (AvgIpc) is 3.11. The van der Waals surface area contributed by atoms with E-state index in [4.69, 9.17) is 0 Å². The molecule has 0 aliphatic carbocycles. The number of benzene rings is 2. The SMILES string of the molecule is OC1=CC=CN2C1=CN1CCC[C@H]1CN2C(c1ccccc1)c1ccccc1. The zero-order valence-electron chi connectivity index (χ0n) is 15.9. The molecule has 0 spiro atoms. The molecule has 0 unspecified atom stereocenters. The third kappa shape index (κ3) is 3.00. The molecule has 0 amide bonds. The van der Waals surface area contributed by atoms with Gasteiger partial charge in [-0.2, -0.15) is 0 Å². The fraction of sp³-hybridized carbons (Fsp3) is 0.250. The van der Waals surface area contributed by atoms with Crippen LogP contribution in [-0.2, 0) is 0 Å². The van der Waals surface area contributed by atoms with Crippen molar-refractivity contribution in [1.82, 2.24) is 14.9 Å². The Balaban J connectivity index is 1.64. The summed E-state index contributed by atoms with van der Waals surface area (Å²) in [7, 11) is 0. The van der Waals surface area contributed by atoms with Crippen LogP contribution in [0.2, 0.25) is 0 Å². The highest BCUT2D eigenvalue weighted by Crippen LogP contribution is 2.37. The number of allylic oxidation sites excluding steroid dienone is 2. The lowest BCUT2D eigenvalue weighted by Gasteiger charge is -2.41. The number of nitrogens with zero attached hydrogens (tertiary/aromatic N) is 3. The molecule has 3 aliphatic rings. The molecule has 4 nitrogen and oxygen atoms in total. The summed E-state index contributed by atoms with van der Waals surface area (Å²) in [5, 5.41) is 15.2. The summed E-state index contributed by atoms with van der Waals surface area (Å²) in [4.78, 5) is 2.40. The molecular weight excluding hydrogens is 346 g/mol. The van der Waals surface area contributed by atoms with Gasteiger partial charge in [0.15, 0.2) is 0 Å². The van der Waals surface area contributed by atoms with Crippen molar-refractivity contribution in [1.29, 1.82) is 0 Å². The Morgan fingerprint density at radius 1 is 0.929 bits per heavy atom. The Morgan fingerprint density at radius 2 is 1.61 bits per heavy atom. The van der Waals surface area contributed by atoms with Crippen LogP contribution in [0.3, 0.4) is 0 Å². The van der Waals surface area contributed by atoms with Crippen molar-refractivity contribution >= 4 is 0 Å². The summed E-state index contributed by atoms with van der Waals surface area (Å²) in [5.41, 5.74) is 3.35. The summed E-state index contributed by atoms with van der Waals surface area (Å²) in [6.45, 7) is 1.96. The van der Waals surface area contributed by atoms with Crippen molar-refractivity contribution < 1.29 is 5.11 Å². The lowest BCUT2D eigenvalue weighted by atomic mass is 9.97. The zero-order chi connectivity index (χ0) is 18.9. The number of aliphatic hydroxyl groups excluding tert-OH is 1. The predicted octanol–water partition coefficient (Wildman–Crippen LogP) is 4.58. The van der Waals surface area contributed by atoms with Crippen LogP contribution in [0.25, 0.3) is 0 Å². The second-order valence-electron chi connectivity index (χ2n) is 7.63. The minimum Gasteiger partial charge on any atom is -0.506 e. The van der Waals surface area contributed by atoms with Crippen LogP contribution >= 0.6 is 0 Å². The van der Waals surface area contributed by atoms with E-state index in [2.05, 4.69) is 88.0 Å². The van der Waals surface area contributed by atoms with Gasteiger partial charge in [-0.25, -0.2) is 5.01 Å². The maximum atomic E-state index is 10.6. The molecule has 2 aromatic carbocycles. The Bertz CT molecular complexity index is 880. The smallest absolute Gasteiger partial charge is 0.142 e. The van der Waals surface area contributed by atoms with Gasteiger partial charge in [0.1, 0.15) is 11.5 Å². The predicted molar refractivity (Wildman–Crippen MR) is 111 cm³/mol. The van der Waals surface area contributed by atoms with Crippen molar-refractivity contribution in [3.63, 3.8) is 0 Å². The first-order chi connectivity index (χ1) is 13.8. The van der Waals surface area contributed by atoms with Gasteiger partial charge in [-0.15, -0.1) is 0 Å². The van der Waals surface area contributed by atoms with Gasteiger partial charge in [-0.3, -0.25) is 5.01 Å². The molecule has 1 fully saturated rings. The maximum Gasteiger partial charge on any atom is 0.142 e. The lowest BCUT2D eigenvalue weighted by molar-refractivity contribution is 0.0120. The molecule has 0 radical (unpaired) electrons. The van der Waals surface area contributed by atoms with Crippen molar-refractivity contribution in [2.24, 2.45) is 0 Å². The largest absolute Gasteiger partial charge is 0.506 e. The second-order valence-corrected chi connectivity index (χ2v) is 7.63. The third-order valence-electron chi connectivity index (χ3n) is 5.90. The Labute approximate surface area is 166 Å². The molecule has 5 rings (SSSR count). The monoisotopic (exact) mass is 371 g/mol. The third-order valence-corrected chi connectivity index (χ3v) is 5.90. The van der Waals surface area contributed by atoms with E-state index in [0.717, 1.165) is 18.8 Å². The molecule has 142 valence electrons. The molecule has 4 heteroatoms. The zero-order valence-corrected chi connectivity index (χ0v) is 15.9. The van der Waals surface area contributed by atoms with Crippen molar-refractivity contribution in [3.05, 3.63) is 108 Å². The summed E-state index contributed by atoms with van der Waals surface area (Å²) in [5.74, 6) is 0.319. The fourth-order valence-corrected chi connectivity index (χ4v) is 4.57. The van der Waals surface area contributed by atoms with Crippen molar-refractivity contribution in [3.8, 4) is 0 Å². The highest BCUT2D eigenvalue weighted by Gasteiger charge is 2.37. The van der Waals surface area contributed by atoms with Crippen molar-refractivity contribution in [2.75, 3.05) is 13.1 Å². The minimum atomic E-state index is 0.0712. The summed E-state index contributed by atoms with van der Waals surface area (Å²) in [6, 6.07) is 21.8. The van der Waals surface area contributed by atoms with Crippen LogP contribution in [-0.4, -0.2) is 39.2 Å². The first-order valence-corrected chi connectivity index (χ1v) is 10.0. The van der Waals surface area contributed by atoms with Crippen LogP contribution in [0, 0.1) is 0 Å². The molecule has 1 saturated heterocycles. The van der Waals surface area contributed by atoms with Crippen LogP contribution in [0.15, 0.2) is 96.7 Å². The standard InChI is InChI=1S/C24H25N3O/c28-23-14-8-16-26-22(23)18-25-15-7-13-21(25)17-27(26)24(19-9-3-1-4-10-19)20-11-5-2-6-12-20/h1-6,8-12,14,16,18,21,24,28H,7,13,15,17H2/t21-/m0/s1. The van der Waals surface area contributed by atoms with Crippen LogP contribution in [0.5, 0.6) is 0 Å². The number of hydrazine groups is 1. The highest BCUT2D eigenvalue weighted by molar-refractivity contribution is 5.36. The normalized spacial score (nSPS) is 21.8. The highest BCUT2D eigenvalue weighted by atomic mass is 16.3. The van der Waals surface area contributed by atoms with E-state index in [0.29, 0.717) is 11.8 Å². The Kier molecular flexibility index (Phi) is 4.41. The van der Waals surface area contributed by atoms with Gasteiger partial charge in [-0.05, 0) is 36.1 Å². The molecule has 0 aromatic heterocycles. The van der Waals surface area contributed by atoms with Crippen molar-refractivity contribution in [2.45, 2.75) is 24.9 Å². The van der Waals surface area contributed by atoms with Crippen LogP contribution in [0.4, 0.5) is 0 Å². The molecular formula is C24H25N3O. The minimum absolute atomic E-state index is 0.0712. The van der Waals surface area contributed by atoms with E-state index in [1.165, 1.54) is 24.0 Å². The molecule has 2 aromatic rings. The van der Waals surface area contributed by atoms with Crippen LogP contribution in [0.1, 0.15) is 30.0 Å². The molecule has 1 atom stereocenters. The van der Waals surface area contributed by atoms with Gasteiger partial charge >= 0.3 is 0 Å². The molecule has 1 N–H and O–H groups in total. The van der Waals surface area contributed by atoms with Gasteiger partial charge in [0, 0.05) is 31.5 Å². The summed E-state index contributed by atoms with van der Waals surface area (Å²) >= 11 is 0. The van der Waals surface area contributed by atoms with E-state index in [-0.39, 0.29) is 6.04 Å². The number of aliphatic hydroxyl groups is 1. The number of hydrogen-bond acceptors (Lipinski definition) is 4. The van der Waals surface area contributed by atoms with E-state index in [9.17, 15) is 5.11 Å². The first-order valence-electron chi connectivity index (χ1n) is 10.0. The van der Waals surface area contributed by atoms with E-state index in [1.807, 2.05) is 6.08 Å². The number of hydrogen-bond donors (Lipinski definition) is 1. The van der Waals surface area contributed by atoms with Gasteiger partial charge in [0.2, 0.25) is 0 Å². The first kappa shape index (κ1) is 17.1. The average molecular weight is 371 g/mol. The van der Waals surface area contributed by atoms with Gasteiger partial charge in [-0.1, -0.05) is 60.7 Å². The van der Waals surface area contributed by atoms with E-state index < -0.39 is 0 Å².